The summed E-state index contributed by atoms with van der Waals surface area (Å²) in [7, 11) is 0. The zero-order chi connectivity index (χ0) is 16.4. The van der Waals surface area contributed by atoms with E-state index in [9.17, 15) is 9.90 Å². The molecule has 1 fully saturated rings. The number of rotatable bonds is 4. The molecule has 0 bridgehead atoms. The highest BCUT2D eigenvalue weighted by Gasteiger charge is 2.43. The number of aromatic nitrogens is 2. The van der Waals surface area contributed by atoms with Crippen LogP contribution in [0.15, 0.2) is 16.9 Å². The van der Waals surface area contributed by atoms with Crippen molar-refractivity contribution in [3.8, 4) is 0 Å². The van der Waals surface area contributed by atoms with Crippen LogP contribution >= 0.6 is 15.9 Å². The van der Waals surface area contributed by atoms with Gasteiger partial charge < -0.3 is 19.7 Å². The Kier molecular flexibility index (Phi) is 5.17. The van der Waals surface area contributed by atoms with Crippen molar-refractivity contribution in [2.24, 2.45) is 0 Å². The maximum absolute atomic E-state index is 10.7. The number of hydrogen-bond acceptors (Lipinski definition) is 3. The standard InChI is InChI=1S/C15H25BrN4O2/c1-15(2,3)20(9-6-19-11-12(16)10-17-19)7-4-13(5-8-20)18-14(21)22/h10-11,13,18H,4-9H2,1-3H3. The van der Waals surface area contributed by atoms with Crippen LogP contribution < -0.4 is 10.4 Å². The lowest BCUT2D eigenvalue weighted by atomic mass is 9.93. The first kappa shape index (κ1) is 17.3. The first-order valence-corrected chi connectivity index (χ1v) is 8.53. The number of nitrogens with one attached hydrogen (secondary N) is 1. The Bertz CT molecular complexity index is 516. The van der Waals surface area contributed by atoms with Crippen LogP contribution in [0.5, 0.6) is 0 Å². The average Bonchev–Trinajstić information content (AvgIpc) is 2.82. The van der Waals surface area contributed by atoms with Crippen LogP contribution in [-0.4, -0.2) is 51.6 Å². The fourth-order valence-electron chi connectivity index (χ4n) is 3.36. The van der Waals surface area contributed by atoms with Gasteiger partial charge in [0, 0.05) is 25.1 Å². The van der Waals surface area contributed by atoms with Crippen LogP contribution in [0.2, 0.25) is 0 Å². The zero-order valence-electron chi connectivity index (χ0n) is 13.5. The number of nitrogens with zero attached hydrogens (tertiary/aromatic N) is 3. The van der Waals surface area contributed by atoms with Gasteiger partial charge in [-0.15, -0.1) is 0 Å². The van der Waals surface area contributed by atoms with E-state index in [4.69, 9.17) is 0 Å². The van der Waals surface area contributed by atoms with Crippen LogP contribution in [0.4, 0.5) is 4.79 Å². The summed E-state index contributed by atoms with van der Waals surface area (Å²) in [5.74, 6) is 0. The van der Waals surface area contributed by atoms with Crippen LogP contribution in [0.25, 0.3) is 0 Å². The Morgan fingerprint density at radius 3 is 2.59 bits per heavy atom. The van der Waals surface area contributed by atoms with Crippen LogP contribution in [0.3, 0.4) is 0 Å². The quantitative estimate of drug-likeness (QED) is 0.811. The van der Waals surface area contributed by atoms with Gasteiger partial charge in [0.25, 0.3) is 0 Å². The van der Waals surface area contributed by atoms with Gasteiger partial charge in [0.1, 0.15) is 6.09 Å². The predicted molar refractivity (Wildman–Crippen MR) is 86.1 cm³/mol. The van der Waals surface area contributed by atoms with E-state index < -0.39 is 6.09 Å². The van der Waals surface area contributed by atoms with Crippen LogP contribution in [0, 0.1) is 0 Å². The molecule has 0 unspecified atom stereocenters. The normalized spacial score (nSPS) is 25.9. The van der Waals surface area contributed by atoms with E-state index in [0.717, 1.165) is 48.0 Å². The molecule has 1 amide bonds. The molecule has 22 heavy (non-hydrogen) atoms. The first-order valence-electron chi connectivity index (χ1n) is 7.73. The van der Waals surface area contributed by atoms with E-state index in [2.05, 4.69) is 47.1 Å². The highest BCUT2D eigenvalue weighted by Crippen LogP contribution is 2.30. The van der Waals surface area contributed by atoms with Crippen molar-refractivity contribution in [1.29, 1.82) is 0 Å². The first-order chi connectivity index (χ1) is 10.2. The van der Waals surface area contributed by atoms with E-state index in [1.54, 1.807) is 6.20 Å². The third-order valence-electron chi connectivity index (χ3n) is 4.92. The van der Waals surface area contributed by atoms with Crippen LogP contribution in [0.1, 0.15) is 33.6 Å². The van der Waals surface area contributed by atoms with Gasteiger partial charge >= 0.3 is 0 Å². The number of amides is 1. The lowest BCUT2D eigenvalue weighted by Crippen LogP contribution is -2.66. The molecule has 1 aliphatic rings. The van der Waals surface area contributed by atoms with E-state index in [-0.39, 0.29) is 11.6 Å². The third-order valence-corrected chi connectivity index (χ3v) is 5.32. The van der Waals surface area contributed by atoms with Crippen LogP contribution in [-0.2, 0) is 6.54 Å². The molecular formula is C15H25BrN4O2. The Labute approximate surface area is 140 Å². The van der Waals surface area contributed by atoms with E-state index in [1.165, 1.54) is 0 Å². The van der Waals surface area contributed by atoms with E-state index >= 15 is 0 Å². The van der Waals surface area contributed by atoms with Crippen molar-refractivity contribution in [3.05, 3.63) is 16.9 Å². The van der Waals surface area contributed by atoms with Crippen molar-refractivity contribution in [2.75, 3.05) is 19.6 Å². The summed E-state index contributed by atoms with van der Waals surface area (Å²) in [6, 6.07) is 0.0254. The lowest BCUT2D eigenvalue weighted by molar-refractivity contribution is -0.975. The summed E-state index contributed by atoms with van der Waals surface area (Å²) in [5, 5.41) is 17.5. The van der Waals surface area contributed by atoms with Gasteiger partial charge in [0.2, 0.25) is 0 Å². The maximum atomic E-state index is 10.7. The molecule has 7 heteroatoms. The van der Waals surface area contributed by atoms with E-state index in [1.807, 2.05) is 10.9 Å². The molecule has 0 atom stereocenters. The molecule has 1 aromatic heterocycles. The molecule has 0 aromatic carbocycles. The number of carboxylic acid groups (broad SMARTS) is 1. The van der Waals surface area contributed by atoms with Gasteiger partial charge in [-0.25, -0.2) is 0 Å². The number of carbonyl (C=O) groups is 1. The van der Waals surface area contributed by atoms with Gasteiger partial charge in [0.05, 0.1) is 42.4 Å². The number of carbonyl (C=O) groups excluding carboxylic acids is 1. The zero-order valence-corrected chi connectivity index (χ0v) is 15.1. The summed E-state index contributed by atoms with van der Waals surface area (Å²) >= 11 is 3.42. The molecule has 0 saturated carbocycles. The highest BCUT2D eigenvalue weighted by molar-refractivity contribution is 9.10. The average molecular weight is 373 g/mol. The fraction of sp³-hybridized carbons (Fsp3) is 0.733. The Balaban J connectivity index is 2.02. The van der Waals surface area contributed by atoms with Crippen molar-refractivity contribution >= 4 is 22.0 Å². The van der Waals surface area contributed by atoms with E-state index in [0.29, 0.717) is 0 Å². The lowest BCUT2D eigenvalue weighted by Gasteiger charge is -2.52. The molecule has 0 radical (unpaired) electrons. The van der Waals surface area contributed by atoms with Crippen molar-refractivity contribution in [1.82, 2.24) is 15.1 Å². The second kappa shape index (κ2) is 6.58. The summed E-state index contributed by atoms with van der Waals surface area (Å²) in [4.78, 5) is 10.7. The summed E-state index contributed by atoms with van der Waals surface area (Å²) in [6.07, 6.45) is 4.34. The molecule has 1 aliphatic heterocycles. The minimum absolute atomic E-state index is 0.0254. The SMILES string of the molecule is CC(C)(C)[N+]1(CCn2cc(Br)cn2)CCC(NC(=O)[O-])CC1. The molecule has 2 rings (SSSR count). The third kappa shape index (κ3) is 4.01. The number of halogens is 1. The summed E-state index contributed by atoms with van der Waals surface area (Å²) < 4.78 is 3.93. The minimum Gasteiger partial charge on any atom is -0.530 e. The van der Waals surface area contributed by atoms with Gasteiger partial charge in [-0.2, -0.15) is 5.10 Å². The van der Waals surface area contributed by atoms with Crippen molar-refractivity contribution in [2.45, 2.75) is 51.7 Å². The largest absolute Gasteiger partial charge is 0.530 e. The second-order valence-corrected chi connectivity index (χ2v) is 8.03. The van der Waals surface area contributed by atoms with Gasteiger partial charge in [0.15, 0.2) is 0 Å². The molecule has 1 aromatic rings. The molecule has 0 spiro atoms. The van der Waals surface area contributed by atoms with Crippen molar-refractivity contribution in [3.63, 3.8) is 0 Å². The number of quaternary nitrogens is 1. The molecule has 0 aliphatic carbocycles. The predicted octanol–water partition coefficient (Wildman–Crippen LogP) is 1.36. The summed E-state index contributed by atoms with van der Waals surface area (Å²) in [6.45, 7) is 10.6. The van der Waals surface area contributed by atoms with Crippen molar-refractivity contribution < 1.29 is 14.4 Å². The van der Waals surface area contributed by atoms with Gasteiger partial charge in [-0.1, -0.05) is 0 Å². The molecule has 6 nitrogen and oxygen atoms in total. The topological polar surface area (TPSA) is 70.0 Å². The molecule has 124 valence electrons. The Morgan fingerprint density at radius 1 is 1.50 bits per heavy atom. The second-order valence-electron chi connectivity index (χ2n) is 7.11. The monoisotopic (exact) mass is 372 g/mol. The van der Waals surface area contributed by atoms with Gasteiger partial charge in [-0.3, -0.25) is 4.68 Å². The number of likely N-dealkylation sites (tertiary alicyclic amines) is 1. The Hall–Kier alpha value is -1.08. The Morgan fingerprint density at radius 2 is 2.14 bits per heavy atom. The molecule has 1 saturated heterocycles. The highest BCUT2D eigenvalue weighted by atomic mass is 79.9. The number of piperidine rings is 1. The maximum Gasteiger partial charge on any atom is 0.134 e. The van der Waals surface area contributed by atoms with Gasteiger partial charge in [-0.05, 0) is 36.7 Å². The number of hydrogen-bond donors (Lipinski definition) is 1. The molecule has 2 heterocycles. The fourth-order valence-corrected chi connectivity index (χ4v) is 3.69. The summed E-state index contributed by atoms with van der Waals surface area (Å²) in [5.41, 5.74) is 0.122. The minimum atomic E-state index is -1.16. The molecular weight excluding hydrogens is 348 g/mol. The molecule has 1 N–H and O–H groups in total. The smallest absolute Gasteiger partial charge is 0.134 e.